The Morgan fingerprint density at radius 1 is 1.27 bits per heavy atom. The monoisotopic (exact) mass is 360 g/mol. The Kier molecular flexibility index (Phi) is 7.91. The van der Waals surface area contributed by atoms with Gasteiger partial charge in [0.1, 0.15) is 0 Å². The highest BCUT2D eigenvalue weighted by Gasteiger charge is 2.33. The van der Waals surface area contributed by atoms with Gasteiger partial charge in [-0.2, -0.15) is 0 Å². The van der Waals surface area contributed by atoms with Crippen LogP contribution in [0.4, 0.5) is 0 Å². The lowest BCUT2D eigenvalue weighted by molar-refractivity contribution is 0.0963. The molecule has 0 atom stereocenters. The summed E-state index contributed by atoms with van der Waals surface area (Å²) in [4.78, 5) is 16.1. The number of carbonyl (C=O) groups excluding carboxylic acids is 1. The largest absolute Gasteiger partial charge is 0.385 e. The van der Waals surface area contributed by atoms with Crippen LogP contribution in [-0.4, -0.2) is 46.2 Å². The Morgan fingerprint density at radius 3 is 2.69 bits per heavy atom. The number of rotatable bonds is 8. The number of nitrogens with zero attached hydrogens (tertiary/aromatic N) is 1. The van der Waals surface area contributed by atoms with Gasteiger partial charge in [-0.1, -0.05) is 25.0 Å². The van der Waals surface area contributed by atoms with Crippen molar-refractivity contribution in [3.8, 4) is 0 Å². The van der Waals surface area contributed by atoms with Crippen LogP contribution in [0.25, 0.3) is 0 Å². The lowest BCUT2D eigenvalue weighted by atomic mass is 9.83. The fourth-order valence-corrected chi connectivity index (χ4v) is 3.60. The summed E-state index contributed by atoms with van der Waals surface area (Å²) in [5.41, 5.74) is 2.02. The van der Waals surface area contributed by atoms with Crippen LogP contribution in [0.1, 0.15) is 48.0 Å². The minimum Gasteiger partial charge on any atom is -0.385 e. The predicted molar refractivity (Wildman–Crippen MR) is 105 cm³/mol. The molecule has 0 spiro atoms. The molecule has 0 bridgehead atoms. The van der Waals surface area contributed by atoms with Gasteiger partial charge in [0.2, 0.25) is 0 Å². The molecule has 1 aliphatic carbocycles. The molecule has 1 saturated carbocycles. The van der Waals surface area contributed by atoms with Crippen LogP contribution in [0.15, 0.2) is 29.3 Å². The highest BCUT2D eigenvalue weighted by molar-refractivity contribution is 5.94. The Bertz CT molecular complexity index is 610. The first-order valence-corrected chi connectivity index (χ1v) is 9.37. The van der Waals surface area contributed by atoms with E-state index in [1.807, 2.05) is 24.3 Å². The van der Waals surface area contributed by atoms with Crippen molar-refractivity contribution < 1.29 is 9.53 Å². The molecule has 0 aliphatic heterocycles. The molecule has 1 aromatic rings. The highest BCUT2D eigenvalue weighted by atomic mass is 16.5. The lowest BCUT2D eigenvalue weighted by Gasteiger charge is -2.30. The Hall–Kier alpha value is -2.08. The maximum Gasteiger partial charge on any atom is 0.251 e. The average Bonchev–Trinajstić information content (AvgIpc) is 3.15. The van der Waals surface area contributed by atoms with Crippen molar-refractivity contribution in [1.29, 1.82) is 0 Å². The average molecular weight is 361 g/mol. The van der Waals surface area contributed by atoms with Gasteiger partial charge in [-0.15, -0.1) is 0 Å². The molecule has 2 rings (SSSR count). The molecule has 0 aromatic heterocycles. The summed E-state index contributed by atoms with van der Waals surface area (Å²) in [5, 5.41) is 9.48. The zero-order valence-electron chi connectivity index (χ0n) is 16.2. The topological polar surface area (TPSA) is 74.8 Å². The number of aliphatic imine (C=N–C) groups is 1. The number of ether oxygens (including phenoxy) is 1. The Balaban J connectivity index is 1.88. The van der Waals surface area contributed by atoms with E-state index in [0.717, 1.165) is 31.1 Å². The maximum absolute atomic E-state index is 11.8. The van der Waals surface area contributed by atoms with Crippen LogP contribution in [0.5, 0.6) is 0 Å². The molecule has 6 nitrogen and oxygen atoms in total. The normalized spacial score (nSPS) is 16.3. The van der Waals surface area contributed by atoms with Gasteiger partial charge in [0.15, 0.2) is 5.96 Å². The second-order valence-electron chi connectivity index (χ2n) is 7.01. The molecule has 1 amide bonds. The van der Waals surface area contributed by atoms with Gasteiger partial charge in [-0.3, -0.25) is 9.79 Å². The van der Waals surface area contributed by atoms with Crippen molar-refractivity contribution in [3.63, 3.8) is 0 Å². The summed E-state index contributed by atoms with van der Waals surface area (Å²) in [7, 11) is 5.19. The molecule has 1 fully saturated rings. The van der Waals surface area contributed by atoms with Crippen LogP contribution in [0.3, 0.4) is 0 Å². The first-order chi connectivity index (χ1) is 12.6. The quantitative estimate of drug-likeness (QED) is 0.491. The summed E-state index contributed by atoms with van der Waals surface area (Å²) in [6, 6.07) is 7.62. The number of hydrogen-bond acceptors (Lipinski definition) is 3. The van der Waals surface area contributed by atoms with E-state index in [2.05, 4.69) is 20.9 Å². The molecule has 6 heteroatoms. The number of hydrogen-bond donors (Lipinski definition) is 3. The predicted octanol–water partition coefficient (Wildman–Crippen LogP) is 2.31. The summed E-state index contributed by atoms with van der Waals surface area (Å²) in [6.45, 7) is 2.34. The van der Waals surface area contributed by atoms with Crippen molar-refractivity contribution in [2.45, 2.75) is 38.6 Å². The smallest absolute Gasteiger partial charge is 0.251 e. The van der Waals surface area contributed by atoms with Crippen LogP contribution in [0.2, 0.25) is 0 Å². The number of carbonyl (C=O) groups is 1. The van der Waals surface area contributed by atoms with Crippen molar-refractivity contribution in [2.24, 2.45) is 10.4 Å². The molecule has 144 valence electrons. The number of methoxy groups -OCH3 is 1. The van der Waals surface area contributed by atoms with Crippen molar-refractivity contribution in [3.05, 3.63) is 35.4 Å². The maximum atomic E-state index is 11.8. The summed E-state index contributed by atoms with van der Waals surface area (Å²) < 4.78 is 5.30. The molecule has 1 aliphatic rings. The number of amides is 1. The highest BCUT2D eigenvalue weighted by Crippen LogP contribution is 2.40. The molecule has 0 heterocycles. The van der Waals surface area contributed by atoms with E-state index in [4.69, 9.17) is 4.74 Å². The third-order valence-electron chi connectivity index (χ3n) is 5.23. The second-order valence-corrected chi connectivity index (χ2v) is 7.01. The van der Waals surface area contributed by atoms with Crippen LogP contribution in [-0.2, 0) is 11.3 Å². The van der Waals surface area contributed by atoms with Crippen LogP contribution < -0.4 is 16.0 Å². The Labute approximate surface area is 156 Å². The number of benzene rings is 1. The zero-order chi connectivity index (χ0) is 18.8. The molecular formula is C20H32N4O2. The van der Waals surface area contributed by atoms with E-state index in [9.17, 15) is 4.79 Å². The summed E-state index contributed by atoms with van der Waals surface area (Å²) >= 11 is 0. The molecule has 26 heavy (non-hydrogen) atoms. The first-order valence-electron chi connectivity index (χ1n) is 9.37. The van der Waals surface area contributed by atoms with E-state index in [-0.39, 0.29) is 5.91 Å². The van der Waals surface area contributed by atoms with Gasteiger partial charge in [0.05, 0.1) is 0 Å². The molecule has 0 unspecified atom stereocenters. The van der Waals surface area contributed by atoms with Gasteiger partial charge >= 0.3 is 0 Å². The minimum absolute atomic E-state index is 0.0734. The Morgan fingerprint density at radius 2 is 2.04 bits per heavy atom. The van der Waals surface area contributed by atoms with Gasteiger partial charge in [-0.05, 0) is 42.4 Å². The third-order valence-corrected chi connectivity index (χ3v) is 5.23. The molecule has 0 saturated heterocycles. The van der Waals surface area contributed by atoms with E-state index >= 15 is 0 Å². The molecule has 3 N–H and O–H groups in total. The SMILES string of the molecule is CN=C(NCc1cccc(C(=O)NC)c1)NCC1(CCOC)CCCC1. The van der Waals surface area contributed by atoms with Gasteiger partial charge in [-0.25, -0.2) is 0 Å². The van der Waals surface area contributed by atoms with Crippen LogP contribution >= 0.6 is 0 Å². The second kappa shape index (κ2) is 10.2. The van der Waals surface area contributed by atoms with E-state index in [1.165, 1.54) is 25.7 Å². The van der Waals surface area contributed by atoms with Crippen molar-refractivity contribution in [2.75, 3.05) is 34.4 Å². The first kappa shape index (κ1) is 20.2. The van der Waals surface area contributed by atoms with E-state index in [1.54, 1.807) is 21.2 Å². The van der Waals surface area contributed by atoms with E-state index < -0.39 is 0 Å². The van der Waals surface area contributed by atoms with Crippen LogP contribution in [0, 0.1) is 5.41 Å². The fourth-order valence-electron chi connectivity index (χ4n) is 3.60. The fraction of sp³-hybridized carbons (Fsp3) is 0.600. The standard InChI is InChI=1S/C20H32N4O2/c1-21-18(25)17-8-6-7-16(13-17)14-23-19(22-2)24-15-20(11-12-26-3)9-4-5-10-20/h6-8,13H,4-5,9-12,14-15H2,1-3H3,(H,21,25)(H2,22,23,24). The summed E-state index contributed by atoms with van der Waals surface area (Å²) in [6.07, 6.45) is 6.16. The third kappa shape index (κ3) is 5.73. The molecule has 1 aromatic carbocycles. The van der Waals surface area contributed by atoms with Gasteiger partial charge in [0, 0.05) is 46.5 Å². The lowest BCUT2D eigenvalue weighted by Crippen LogP contribution is -2.43. The molecule has 0 radical (unpaired) electrons. The minimum atomic E-state index is -0.0734. The zero-order valence-corrected chi connectivity index (χ0v) is 16.2. The number of guanidine groups is 1. The molecular weight excluding hydrogens is 328 g/mol. The number of nitrogens with one attached hydrogen (secondary N) is 3. The van der Waals surface area contributed by atoms with Gasteiger partial charge in [0.25, 0.3) is 5.91 Å². The van der Waals surface area contributed by atoms with Gasteiger partial charge < -0.3 is 20.7 Å². The van der Waals surface area contributed by atoms with E-state index in [0.29, 0.717) is 17.5 Å². The van der Waals surface area contributed by atoms with Crippen molar-refractivity contribution in [1.82, 2.24) is 16.0 Å². The van der Waals surface area contributed by atoms with Crippen molar-refractivity contribution >= 4 is 11.9 Å². The summed E-state index contributed by atoms with van der Waals surface area (Å²) in [5.74, 6) is 0.717.